The van der Waals surface area contributed by atoms with Gasteiger partial charge in [-0.1, -0.05) is 97.1 Å². The molecule has 0 atom stereocenters. The first-order valence-electron chi connectivity index (χ1n) is 10.5. The largest absolute Gasteiger partial charge is 0.135 e. The summed E-state index contributed by atoms with van der Waals surface area (Å²) in [6, 6.07) is 43.8. The summed E-state index contributed by atoms with van der Waals surface area (Å²) in [5.74, 6) is 0. The lowest BCUT2D eigenvalue weighted by molar-refractivity contribution is 1.66. The van der Waals surface area contributed by atoms with E-state index in [2.05, 4.69) is 121 Å². The number of rotatable bonds is 3. The molecule has 5 aromatic carbocycles. The van der Waals surface area contributed by atoms with Gasteiger partial charge in [0, 0.05) is 9.75 Å². The highest BCUT2D eigenvalue weighted by Gasteiger charge is 2.11. The molecule has 0 saturated heterocycles. The summed E-state index contributed by atoms with van der Waals surface area (Å²) in [5, 5.41) is 5.16. The average molecular weight is 413 g/mol. The predicted octanol–water partition coefficient (Wildman–Crippen LogP) is 9.06. The van der Waals surface area contributed by atoms with Crippen molar-refractivity contribution in [2.45, 2.75) is 0 Å². The van der Waals surface area contributed by atoms with Gasteiger partial charge in [-0.15, -0.1) is 11.3 Å². The summed E-state index contributed by atoms with van der Waals surface area (Å²) in [4.78, 5) is 2.60. The molecule has 1 heteroatoms. The van der Waals surface area contributed by atoms with Gasteiger partial charge >= 0.3 is 0 Å². The van der Waals surface area contributed by atoms with Crippen LogP contribution >= 0.6 is 11.3 Å². The summed E-state index contributed by atoms with van der Waals surface area (Å²) in [5.41, 5.74) is 5.12. The van der Waals surface area contributed by atoms with Crippen LogP contribution in [0.3, 0.4) is 0 Å². The second-order valence-electron chi connectivity index (χ2n) is 7.80. The molecule has 0 aliphatic rings. The fourth-order valence-electron chi connectivity index (χ4n) is 4.40. The lowest BCUT2D eigenvalue weighted by atomic mass is 9.91. The van der Waals surface area contributed by atoms with Crippen LogP contribution in [0.15, 0.2) is 121 Å². The van der Waals surface area contributed by atoms with E-state index in [4.69, 9.17) is 0 Å². The number of thiophene rings is 1. The van der Waals surface area contributed by atoms with E-state index in [0.717, 1.165) is 0 Å². The molecule has 0 unspecified atom stereocenters. The van der Waals surface area contributed by atoms with Gasteiger partial charge in [-0.25, -0.2) is 0 Å². The zero-order chi connectivity index (χ0) is 20.6. The predicted molar refractivity (Wildman–Crippen MR) is 136 cm³/mol. The van der Waals surface area contributed by atoms with Gasteiger partial charge < -0.3 is 0 Å². The van der Waals surface area contributed by atoms with Crippen LogP contribution in [0, 0.1) is 0 Å². The molecule has 0 fully saturated rings. The molecular weight excluding hydrogens is 392 g/mol. The minimum atomic E-state index is 1.26. The van der Waals surface area contributed by atoms with Crippen LogP contribution in [0.4, 0.5) is 0 Å². The summed E-state index contributed by atoms with van der Waals surface area (Å²) in [6.45, 7) is 0. The van der Waals surface area contributed by atoms with E-state index < -0.39 is 0 Å². The monoisotopic (exact) mass is 412 g/mol. The normalized spacial score (nSPS) is 11.2. The van der Waals surface area contributed by atoms with Crippen LogP contribution < -0.4 is 0 Å². The SMILES string of the molecule is c1ccc(-c2ccc(-c3cccc(-c4c5ccccc5cc5ccccc45)c3)s2)cc1. The Hall–Kier alpha value is -3.68. The molecule has 0 saturated carbocycles. The molecular formula is C30H20S. The first-order valence-corrected chi connectivity index (χ1v) is 11.3. The van der Waals surface area contributed by atoms with Gasteiger partial charge in [0.05, 0.1) is 0 Å². The van der Waals surface area contributed by atoms with E-state index >= 15 is 0 Å². The first kappa shape index (κ1) is 18.1. The van der Waals surface area contributed by atoms with Crippen LogP contribution in [-0.2, 0) is 0 Å². The number of fused-ring (bicyclic) bond motifs is 2. The smallest absolute Gasteiger partial charge is 0.0349 e. The van der Waals surface area contributed by atoms with E-state index in [-0.39, 0.29) is 0 Å². The fraction of sp³-hybridized carbons (Fsp3) is 0. The van der Waals surface area contributed by atoms with Crippen molar-refractivity contribution in [3.05, 3.63) is 121 Å². The fourth-order valence-corrected chi connectivity index (χ4v) is 5.41. The maximum absolute atomic E-state index is 2.34. The van der Waals surface area contributed by atoms with Crippen molar-refractivity contribution in [1.82, 2.24) is 0 Å². The molecule has 1 aromatic heterocycles. The van der Waals surface area contributed by atoms with Crippen LogP contribution in [0.25, 0.3) is 53.6 Å². The Balaban J connectivity index is 1.53. The van der Waals surface area contributed by atoms with E-state index in [0.29, 0.717) is 0 Å². The summed E-state index contributed by atoms with van der Waals surface area (Å²) >= 11 is 1.85. The molecule has 0 nitrogen and oxygen atoms in total. The van der Waals surface area contributed by atoms with E-state index in [1.165, 1.54) is 53.6 Å². The zero-order valence-electron chi connectivity index (χ0n) is 17.0. The van der Waals surface area contributed by atoms with Crippen molar-refractivity contribution in [1.29, 1.82) is 0 Å². The average Bonchev–Trinajstić information content (AvgIpc) is 3.34. The van der Waals surface area contributed by atoms with Crippen molar-refractivity contribution in [3.63, 3.8) is 0 Å². The Morgan fingerprint density at radius 3 is 1.65 bits per heavy atom. The second-order valence-corrected chi connectivity index (χ2v) is 8.89. The highest BCUT2D eigenvalue weighted by molar-refractivity contribution is 7.18. The topological polar surface area (TPSA) is 0 Å². The summed E-state index contributed by atoms with van der Waals surface area (Å²) < 4.78 is 0. The highest BCUT2D eigenvalue weighted by Crippen LogP contribution is 2.39. The quantitative estimate of drug-likeness (QED) is 0.254. The number of hydrogen-bond acceptors (Lipinski definition) is 1. The molecule has 0 radical (unpaired) electrons. The van der Waals surface area contributed by atoms with E-state index in [1.54, 1.807) is 0 Å². The van der Waals surface area contributed by atoms with Crippen LogP contribution in [0.1, 0.15) is 0 Å². The molecule has 146 valence electrons. The van der Waals surface area contributed by atoms with Gasteiger partial charge in [0.2, 0.25) is 0 Å². The van der Waals surface area contributed by atoms with Gasteiger partial charge in [0.1, 0.15) is 0 Å². The first-order chi connectivity index (χ1) is 15.4. The molecule has 6 aromatic rings. The van der Waals surface area contributed by atoms with E-state index in [9.17, 15) is 0 Å². The van der Waals surface area contributed by atoms with Gasteiger partial charge in [0.15, 0.2) is 0 Å². The minimum Gasteiger partial charge on any atom is -0.135 e. The highest BCUT2D eigenvalue weighted by atomic mass is 32.1. The van der Waals surface area contributed by atoms with Gasteiger partial charge in [-0.05, 0) is 68.1 Å². The van der Waals surface area contributed by atoms with Crippen molar-refractivity contribution >= 4 is 32.9 Å². The number of benzene rings is 5. The third-order valence-electron chi connectivity index (χ3n) is 5.87. The van der Waals surface area contributed by atoms with E-state index in [1.807, 2.05) is 11.3 Å². The second kappa shape index (κ2) is 7.54. The molecule has 0 aliphatic heterocycles. The molecule has 0 spiro atoms. The number of hydrogen-bond donors (Lipinski definition) is 0. The Kier molecular flexibility index (Phi) is 4.40. The van der Waals surface area contributed by atoms with Gasteiger partial charge in [-0.2, -0.15) is 0 Å². The molecule has 0 aliphatic carbocycles. The van der Waals surface area contributed by atoms with Gasteiger partial charge in [0.25, 0.3) is 0 Å². The van der Waals surface area contributed by atoms with Crippen LogP contribution in [-0.4, -0.2) is 0 Å². The minimum absolute atomic E-state index is 1.26. The molecule has 0 amide bonds. The Morgan fingerprint density at radius 2 is 0.935 bits per heavy atom. The lowest BCUT2D eigenvalue weighted by Gasteiger charge is -2.13. The molecule has 6 rings (SSSR count). The third-order valence-corrected chi connectivity index (χ3v) is 7.05. The zero-order valence-corrected chi connectivity index (χ0v) is 17.8. The van der Waals surface area contributed by atoms with Crippen molar-refractivity contribution in [2.24, 2.45) is 0 Å². The third kappa shape index (κ3) is 3.24. The molecule has 31 heavy (non-hydrogen) atoms. The Bertz CT molecular complexity index is 1470. The summed E-state index contributed by atoms with van der Waals surface area (Å²) in [6.07, 6.45) is 0. The van der Waals surface area contributed by atoms with Gasteiger partial charge in [-0.3, -0.25) is 0 Å². The lowest BCUT2D eigenvalue weighted by Crippen LogP contribution is -1.86. The molecule has 1 heterocycles. The standard InChI is InChI=1S/C30H20S/c1-2-9-21(10-3-1)28-17-18-29(31-28)24-13-8-14-25(20-24)30-26-15-6-4-11-22(26)19-23-12-5-7-16-27(23)30/h1-20H. The van der Waals surface area contributed by atoms with Crippen LogP contribution in [0.5, 0.6) is 0 Å². The van der Waals surface area contributed by atoms with Crippen LogP contribution in [0.2, 0.25) is 0 Å². The summed E-state index contributed by atoms with van der Waals surface area (Å²) in [7, 11) is 0. The Morgan fingerprint density at radius 1 is 0.387 bits per heavy atom. The van der Waals surface area contributed by atoms with Crippen molar-refractivity contribution in [2.75, 3.05) is 0 Å². The maximum Gasteiger partial charge on any atom is 0.0349 e. The molecule has 0 N–H and O–H groups in total. The maximum atomic E-state index is 2.34. The Labute approximate surface area is 186 Å². The van der Waals surface area contributed by atoms with Crippen molar-refractivity contribution in [3.8, 4) is 32.0 Å². The van der Waals surface area contributed by atoms with Crippen molar-refractivity contribution < 1.29 is 0 Å². The molecule has 0 bridgehead atoms.